The molecule has 12 heavy (non-hydrogen) atoms. The lowest BCUT2D eigenvalue weighted by atomic mass is 10.4. The molecular weight excluding hydrogens is 172 g/mol. The first-order valence-electron chi connectivity index (χ1n) is 3.53. The van der Waals surface area contributed by atoms with Crippen molar-refractivity contribution in [2.75, 3.05) is 5.43 Å². The Morgan fingerprint density at radius 2 is 2.50 bits per heavy atom. The molecule has 0 spiro atoms. The molecule has 64 valence electrons. The fourth-order valence-corrected chi connectivity index (χ4v) is 0.858. The van der Waals surface area contributed by atoms with Gasteiger partial charge in [0.2, 0.25) is 0 Å². The van der Waals surface area contributed by atoms with Gasteiger partial charge in [-0.25, -0.2) is 4.98 Å². The third-order valence-electron chi connectivity index (χ3n) is 1.31. The van der Waals surface area contributed by atoms with E-state index in [4.69, 9.17) is 12.2 Å². The topological polar surface area (TPSA) is 53.1 Å². The summed E-state index contributed by atoms with van der Waals surface area (Å²) in [4.78, 5) is 6.80. The summed E-state index contributed by atoms with van der Waals surface area (Å²) in [6.07, 6.45) is 3.36. The summed E-state index contributed by atoms with van der Waals surface area (Å²) in [6.45, 7) is 3.75. The van der Waals surface area contributed by atoms with Crippen LogP contribution >= 0.6 is 12.2 Å². The number of aromatic amines is 1. The summed E-state index contributed by atoms with van der Waals surface area (Å²) in [6, 6.07) is 0. The second-order valence-electron chi connectivity index (χ2n) is 2.25. The van der Waals surface area contributed by atoms with Crippen molar-refractivity contribution in [1.29, 1.82) is 0 Å². The van der Waals surface area contributed by atoms with E-state index in [1.54, 1.807) is 12.4 Å². The molecule has 0 unspecified atom stereocenters. The number of aromatic nitrogens is 2. The Balaban J connectivity index is 2.97. The largest absolute Gasteiger partial charge is 0.316 e. The Bertz CT molecular complexity index is 342. The quantitative estimate of drug-likeness (QED) is 0.417. The Labute approximate surface area is 75.7 Å². The van der Waals surface area contributed by atoms with E-state index in [0.717, 1.165) is 11.4 Å². The molecule has 0 amide bonds. The van der Waals surface area contributed by atoms with Crippen LogP contribution in [-0.4, -0.2) is 16.2 Å². The first-order chi connectivity index (χ1) is 5.74. The molecule has 1 aromatic rings. The van der Waals surface area contributed by atoms with Crippen LogP contribution in [0.3, 0.4) is 0 Å². The molecule has 0 saturated heterocycles. The molecule has 0 fully saturated rings. The smallest absolute Gasteiger partial charge is 0.198 e. The standard InChI is InChI=1S/C7H10N4S/c1-3-9-11-6-5(2)4-8-7(12)10-6/h3-4H,1-2H3,(H2,8,10,11,12). The average Bonchev–Trinajstić information content (AvgIpc) is 2.07. The van der Waals surface area contributed by atoms with Crippen molar-refractivity contribution >= 4 is 24.3 Å². The molecule has 0 bridgehead atoms. The van der Waals surface area contributed by atoms with Crippen molar-refractivity contribution < 1.29 is 0 Å². The second kappa shape index (κ2) is 3.96. The summed E-state index contributed by atoms with van der Waals surface area (Å²) < 4.78 is 0.453. The molecule has 1 heterocycles. The monoisotopic (exact) mass is 182 g/mol. The minimum absolute atomic E-state index is 0.453. The molecule has 5 heteroatoms. The number of H-pyrrole nitrogens is 1. The second-order valence-corrected chi connectivity index (χ2v) is 2.63. The van der Waals surface area contributed by atoms with Crippen LogP contribution in [0.25, 0.3) is 0 Å². The van der Waals surface area contributed by atoms with Crippen LogP contribution < -0.4 is 5.43 Å². The summed E-state index contributed by atoms with van der Waals surface area (Å²) in [5.41, 5.74) is 3.79. The summed E-state index contributed by atoms with van der Waals surface area (Å²) >= 11 is 4.85. The van der Waals surface area contributed by atoms with Gasteiger partial charge in [-0.2, -0.15) is 5.10 Å². The lowest BCUT2D eigenvalue weighted by Gasteiger charge is -2.02. The number of aryl methyl sites for hydroxylation is 1. The van der Waals surface area contributed by atoms with Crippen molar-refractivity contribution in [3.8, 4) is 0 Å². The van der Waals surface area contributed by atoms with Crippen LogP contribution in [-0.2, 0) is 0 Å². The predicted molar refractivity (Wildman–Crippen MR) is 51.9 cm³/mol. The van der Waals surface area contributed by atoms with Gasteiger partial charge in [0.1, 0.15) is 5.82 Å². The molecule has 1 aromatic heterocycles. The van der Waals surface area contributed by atoms with Crippen LogP contribution in [0.2, 0.25) is 0 Å². The number of hydrazone groups is 1. The summed E-state index contributed by atoms with van der Waals surface area (Å²) in [5, 5.41) is 3.86. The number of anilines is 1. The first-order valence-corrected chi connectivity index (χ1v) is 3.94. The van der Waals surface area contributed by atoms with Gasteiger partial charge < -0.3 is 4.98 Å². The summed E-state index contributed by atoms with van der Waals surface area (Å²) in [7, 11) is 0. The highest BCUT2D eigenvalue weighted by molar-refractivity contribution is 7.71. The number of nitrogens with one attached hydrogen (secondary N) is 2. The van der Waals surface area contributed by atoms with Gasteiger partial charge in [0, 0.05) is 18.0 Å². The maximum absolute atomic E-state index is 4.85. The Kier molecular flexibility index (Phi) is 2.93. The molecular formula is C7H10N4S. The highest BCUT2D eigenvalue weighted by Gasteiger charge is 1.94. The number of rotatable bonds is 2. The third kappa shape index (κ3) is 2.13. The van der Waals surface area contributed by atoms with Crippen LogP contribution in [0.5, 0.6) is 0 Å². The van der Waals surface area contributed by atoms with E-state index >= 15 is 0 Å². The van der Waals surface area contributed by atoms with Crippen molar-refractivity contribution in [1.82, 2.24) is 9.97 Å². The van der Waals surface area contributed by atoms with Gasteiger partial charge in [-0.1, -0.05) is 0 Å². The fraction of sp³-hybridized carbons (Fsp3) is 0.286. The SMILES string of the molecule is CC=NNc1[nH]c(=S)ncc1C. The lowest BCUT2D eigenvalue weighted by molar-refractivity contribution is 1.08. The van der Waals surface area contributed by atoms with Gasteiger partial charge in [-0.05, 0) is 26.1 Å². The fourth-order valence-electron chi connectivity index (χ4n) is 0.703. The van der Waals surface area contributed by atoms with Crippen molar-refractivity contribution in [2.24, 2.45) is 5.10 Å². The highest BCUT2D eigenvalue weighted by atomic mass is 32.1. The van der Waals surface area contributed by atoms with Crippen LogP contribution in [0, 0.1) is 11.7 Å². The minimum Gasteiger partial charge on any atom is -0.316 e. The van der Waals surface area contributed by atoms with Crippen LogP contribution in [0.1, 0.15) is 12.5 Å². The molecule has 0 aliphatic heterocycles. The molecule has 0 atom stereocenters. The molecule has 0 aliphatic carbocycles. The lowest BCUT2D eigenvalue weighted by Crippen LogP contribution is -1.96. The zero-order chi connectivity index (χ0) is 8.97. The third-order valence-corrected chi connectivity index (χ3v) is 1.51. The maximum Gasteiger partial charge on any atom is 0.198 e. The Hall–Kier alpha value is -1.23. The zero-order valence-corrected chi connectivity index (χ0v) is 7.77. The molecule has 4 nitrogen and oxygen atoms in total. The molecule has 0 aromatic carbocycles. The van der Waals surface area contributed by atoms with E-state index in [9.17, 15) is 0 Å². The van der Waals surface area contributed by atoms with Gasteiger partial charge in [0.05, 0.1) is 0 Å². The number of hydrogen-bond acceptors (Lipinski definition) is 4. The van der Waals surface area contributed by atoms with Crippen molar-refractivity contribution in [3.05, 3.63) is 16.5 Å². The number of hydrogen-bond donors (Lipinski definition) is 2. The number of nitrogens with zero attached hydrogens (tertiary/aromatic N) is 2. The zero-order valence-electron chi connectivity index (χ0n) is 6.96. The van der Waals surface area contributed by atoms with E-state index in [-0.39, 0.29) is 0 Å². The summed E-state index contributed by atoms with van der Waals surface area (Å²) in [5.74, 6) is 0.785. The Morgan fingerprint density at radius 1 is 1.75 bits per heavy atom. The van der Waals surface area contributed by atoms with Crippen LogP contribution in [0.4, 0.5) is 5.82 Å². The maximum atomic E-state index is 4.85. The van der Waals surface area contributed by atoms with E-state index in [0.29, 0.717) is 4.77 Å². The minimum atomic E-state index is 0.453. The highest BCUT2D eigenvalue weighted by Crippen LogP contribution is 2.07. The van der Waals surface area contributed by atoms with E-state index in [1.807, 2.05) is 13.8 Å². The molecule has 2 N–H and O–H groups in total. The molecule has 0 saturated carbocycles. The van der Waals surface area contributed by atoms with E-state index in [1.165, 1.54) is 0 Å². The normalized spacial score (nSPS) is 10.5. The molecule has 0 aliphatic rings. The molecule has 0 radical (unpaired) electrons. The predicted octanol–water partition coefficient (Wildman–Crippen LogP) is 1.87. The van der Waals surface area contributed by atoms with E-state index < -0.39 is 0 Å². The van der Waals surface area contributed by atoms with Crippen molar-refractivity contribution in [2.45, 2.75) is 13.8 Å². The van der Waals surface area contributed by atoms with Gasteiger partial charge in [-0.3, -0.25) is 5.43 Å². The van der Waals surface area contributed by atoms with Gasteiger partial charge in [0.25, 0.3) is 0 Å². The van der Waals surface area contributed by atoms with Crippen LogP contribution in [0.15, 0.2) is 11.3 Å². The molecule has 1 rings (SSSR count). The first kappa shape index (κ1) is 8.86. The van der Waals surface area contributed by atoms with E-state index in [2.05, 4.69) is 20.5 Å². The van der Waals surface area contributed by atoms with Gasteiger partial charge in [0.15, 0.2) is 4.77 Å². The van der Waals surface area contributed by atoms with Gasteiger partial charge >= 0.3 is 0 Å². The Morgan fingerprint density at radius 3 is 3.17 bits per heavy atom. The average molecular weight is 182 g/mol. The van der Waals surface area contributed by atoms with Crippen molar-refractivity contribution in [3.63, 3.8) is 0 Å². The van der Waals surface area contributed by atoms with Gasteiger partial charge in [-0.15, -0.1) is 0 Å².